The Morgan fingerprint density at radius 2 is 2.00 bits per heavy atom. The lowest BCUT2D eigenvalue weighted by Crippen LogP contribution is -2.48. The van der Waals surface area contributed by atoms with Gasteiger partial charge in [0, 0.05) is 18.4 Å². The molecule has 1 saturated carbocycles. The quantitative estimate of drug-likeness (QED) is 0.600. The van der Waals surface area contributed by atoms with Gasteiger partial charge in [0.05, 0.1) is 7.11 Å². The first-order valence-corrected chi connectivity index (χ1v) is 5.13. The summed E-state index contributed by atoms with van der Waals surface area (Å²) >= 11 is 0. The number of rotatable bonds is 3. The molecular formula is C12H11F2NO2. The van der Waals surface area contributed by atoms with Crippen LogP contribution in [-0.2, 0) is 10.3 Å². The van der Waals surface area contributed by atoms with E-state index in [1.807, 2.05) is 0 Å². The van der Waals surface area contributed by atoms with E-state index in [9.17, 15) is 13.6 Å². The molecule has 0 saturated heterocycles. The van der Waals surface area contributed by atoms with E-state index in [0.29, 0.717) is 11.3 Å². The van der Waals surface area contributed by atoms with Gasteiger partial charge in [-0.2, -0.15) is 4.99 Å². The SMILES string of the molecule is COc1ccccc1C1(N=C=O)CC(F)(F)C1. The van der Waals surface area contributed by atoms with E-state index in [1.165, 1.54) is 13.2 Å². The Balaban J connectivity index is 2.45. The fourth-order valence-electron chi connectivity index (χ4n) is 2.25. The molecule has 0 radical (unpaired) electrons. The molecule has 0 N–H and O–H groups in total. The molecule has 2 rings (SSSR count). The third kappa shape index (κ3) is 1.94. The molecule has 0 atom stereocenters. The number of hydrogen-bond acceptors (Lipinski definition) is 3. The lowest BCUT2D eigenvalue weighted by atomic mass is 9.69. The Hall–Kier alpha value is -1.74. The van der Waals surface area contributed by atoms with E-state index in [4.69, 9.17) is 4.74 Å². The Kier molecular flexibility index (Phi) is 2.71. The van der Waals surface area contributed by atoms with Crippen molar-refractivity contribution < 1.29 is 18.3 Å². The molecule has 0 bridgehead atoms. The largest absolute Gasteiger partial charge is 0.496 e. The van der Waals surface area contributed by atoms with Crippen LogP contribution in [0.1, 0.15) is 18.4 Å². The number of hydrogen-bond donors (Lipinski definition) is 0. The first kappa shape index (κ1) is 11.7. The highest BCUT2D eigenvalue weighted by Gasteiger charge is 2.59. The van der Waals surface area contributed by atoms with E-state index in [0.717, 1.165) is 0 Å². The van der Waals surface area contributed by atoms with E-state index in [2.05, 4.69) is 4.99 Å². The summed E-state index contributed by atoms with van der Waals surface area (Å²) in [7, 11) is 1.45. The number of methoxy groups -OCH3 is 1. The Labute approximate surface area is 97.1 Å². The molecule has 1 aliphatic carbocycles. The predicted molar refractivity (Wildman–Crippen MR) is 57.0 cm³/mol. The smallest absolute Gasteiger partial charge is 0.253 e. The number of aliphatic imine (C=N–C) groups is 1. The highest BCUT2D eigenvalue weighted by molar-refractivity contribution is 5.46. The summed E-state index contributed by atoms with van der Waals surface area (Å²) in [6.07, 6.45) is 0.431. The van der Waals surface area contributed by atoms with Crippen LogP contribution in [0.4, 0.5) is 8.78 Å². The summed E-state index contributed by atoms with van der Waals surface area (Å²) < 4.78 is 31.2. The lowest BCUT2D eigenvalue weighted by Gasteiger charge is -2.43. The number of benzene rings is 1. The molecule has 90 valence electrons. The number of nitrogens with zero attached hydrogens (tertiary/aromatic N) is 1. The van der Waals surface area contributed by atoms with Crippen LogP contribution in [0.3, 0.4) is 0 Å². The van der Waals surface area contributed by atoms with Gasteiger partial charge in [-0.25, -0.2) is 13.6 Å². The molecule has 0 unspecified atom stereocenters. The van der Waals surface area contributed by atoms with E-state index in [1.54, 1.807) is 24.3 Å². The fourth-order valence-corrected chi connectivity index (χ4v) is 2.25. The third-order valence-electron chi connectivity index (χ3n) is 2.97. The van der Waals surface area contributed by atoms with Crippen LogP contribution in [0.15, 0.2) is 29.3 Å². The minimum Gasteiger partial charge on any atom is -0.496 e. The topological polar surface area (TPSA) is 38.7 Å². The molecule has 0 aromatic heterocycles. The van der Waals surface area contributed by atoms with Gasteiger partial charge < -0.3 is 4.74 Å². The van der Waals surface area contributed by atoms with Gasteiger partial charge in [-0.1, -0.05) is 18.2 Å². The maximum absolute atomic E-state index is 13.0. The second-order valence-corrected chi connectivity index (χ2v) is 4.14. The monoisotopic (exact) mass is 239 g/mol. The molecule has 1 fully saturated rings. The molecule has 1 aromatic carbocycles. The molecular weight excluding hydrogens is 228 g/mol. The summed E-state index contributed by atoms with van der Waals surface area (Å²) in [4.78, 5) is 14.0. The second-order valence-electron chi connectivity index (χ2n) is 4.14. The van der Waals surface area contributed by atoms with Gasteiger partial charge in [0.2, 0.25) is 6.08 Å². The van der Waals surface area contributed by atoms with Crippen LogP contribution in [0.2, 0.25) is 0 Å². The summed E-state index contributed by atoms with van der Waals surface area (Å²) in [5.74, 6) is -2.32. The molecule has 3 nitrogen and oxygen atoms in total. The molecule has 0 heterocycles. The van der Waals surface area contributed by atoms with E-state index >= 15 is 0 Å². The normalized spacial score (nSPS) is 19.9. The Morgan fingerprint density at radius 1 is 1.35 bits per heavy atom. The highest BCUT2D eigenvalue weighted by Crippen LogP contribution is 2.55. The van der Waals surface area contributed by atoms with Crippen molar-refractivity contribution in [2.75, 3.05) is 7.11 Å². The average molecular weight is 239 g/mol. The van der Waals surface area contributed by atoms with Gasteiger partial charge in [0.25, 0.3) is 5.92 Å². The van der Waals surface area contributed by atoms with Crippen LogP contribution in [0, 0.1) is 0 Å². The number of isocyanates is 1. The zero-order valence-corrected chi connectivity index (χ0v) is 9.24. The molecule has 1 aliphatic rings. The number of carbonyl (C=O) groups excluding carboxylic acids is 1. The number of ether oxygens (including phenoxy) is 1. The fraction of sp³-hybridized carbons (Fsp3) is 0.417. The third-order valence-corrected chi connectivity index (χ3v) is 2.97. The van der Waals surface area contributed by atoms with Gasteiger partial charge in [-0.3, -0.25) is 0 Å². The minimum absolute atomic E-state index is 0.460. The molecule has 17 heavy (non-hydrogen) atoms. The van der Waals surface area contributed by atoms with Crippen molar-refractivity contribution >= 4 is 6.08 Å². The van der Waals surface area contributed by atoms with Gasteiger partial charge in [0.15, 0.2) is 0 Å². The van der Waals surface area contributed by atoms with Crippen molar-refractivity contribution in [3.8, 4) is 5.75 Å². The molecule has 5 heteroatoms. The van der Waals surface area contributed by atoms with E-state index < -0.39 is 24.3 Å². The maximum Gasteiger partial charge on any atom is 0.253 e. The second kappa shape index (κ2) is 3.93. The van der Waals surface area contributed by atoms with Crippen molar-refractivity contribution in [3.63, 3.8) is 0 Å². The van der Waals surface area contributed by atoms with Crippen LogP contribution in [0.5, 0.6) is 5.75 Å². The Morgan fingerprint density at radius 3 is 2.53 bits per heavy atom. The van der Waals surface area contributed by atoms with E-state index in [-0.39, 0.29) is 0 Å². The first-order chi connectivity index (χ1) is 8.03. The molecule has 0 spiro atoms. The highest BCUT2D eigenvalue weighted by atomic mass is 19.3. The van der Waals surface area contributed by atoms with Crippen molar-refractivity contribution in [1.82, 2.24) is 0 Å². The summed E-state index contributed by atoms with van der Waals surface area (Å²) in [5.41, 5.74) is -0.672. The zero-order chi connectivity index (χ0) is 12.5. The maximum atomic E-state index is 13.0. The lowest BCUT2D eigenvalue weighted by molar-refractivity contribution is -0.124. The van der Waals surface area contributed by atoms with Gasteiger partial charge in [0.1, 0.15) is 11.3 Å². The summed E-state index contributed by atoms with van der Waals surface area (Å²) in [6.45, 7) is 0. The van der Waals surface area contributed by atoms with Gasteiger partial charge in [-0.15, -0.1) is 0 Å². The molecule has 0 aliphatic heterocycles. The predicted octanol–water partition coefficient (Wildman–Crippen LogP) is 2.66. The summed E-state index contributed by atoms with van der Waals surface area (Å²) in [6, 6.07) is 6.75. The number of para-hydroxylation sites is 1. The number of halogens is 2. The zero-order valence-electron chi connectivity index (χ0n) is 9.24. The molecule has 0 amide bonds. The average Bonchev–Trinajstić information content (AvgIpc) is 2.26. The number of alkyl halides is 2. The van der Waals surface area contributed by atoms with Crippen molar-refractivity contribution in [1.29, 1.82) is 0 Å². The first-order valence-electron chi connectivity index (χ1n) is 5.13. The van der Waals surface area contributed by atoms with Crippen LogP contribution >= 0.6 is 0 Å². The van der Waals surface area contributed by atoms with Crippen molar-refractivity contribution in [3.05, 3.63) is 29.8 Å². The van der Waals surface area contributed by atoms with Gasteiger partial charge >= 0.3 is 0 Å². The van der Waals surface area contributed by atoms with Gasteiger partial charge in [-0.05, 0) is 6.07 Å². The standard InChI is InChI=1S/C12H11F2NO2/c1-17-10-5-3-2-4-9(10)11(15-8-16)6-12(13,14)7-11/h2-5H,6-7H2,1H3. The van der Waals surface area contributed by atoms with Crippen molar-refractivity contribution in [2.45, 2.75) is 24.3 Å². The molecule has 1 aromatic rings. The van der Waals surface area contributed by atoms with Crippen LogP contribution in [-0.4, -0.2) is 19.1 Å². The van der Waals surface area contributed by atoms with Crippen molar-refractivity contribution in [2.24, 2.45) is 4.99 Å². The van der Waals surface area contributed by atoms with Crippen LogP contribution in [0.25, 0.3) is 0 Å². The Bertz CT molecular complexity index is 473. The minimum atomic E-state index is -2.78. The summed E-state index contributed by atoms with van der Waals surface area (Å²) in [5, 5.41) is 0. The van der Waals surface area contributed by atoms with Crippen LogP contribution < -0.4 is 4.74 Å².